The Bertz CT molecular complexity index is 385. The molecular formula is C30H61NO2. The number of carbonyl (C=O) groups excluding carboxylic acids is 1. The van der Waals surface area contributed by atoms with Crippen LogP contribution in [0.1, 0.15) is 174 Å². The number of nitrogens with two attached hydrogens (primary N) is 1. The molecule has 0 fully saturated rings. The van der Waals surface area contributed by atoms with Crippen LogP contribution in [0.5, 0.6) is 0 Å². The van der Waals surface area contributed by atoms with Gasteiger partial charge in [-0.15, -0.1) is 0 Å². The van der Waals surface area contributed by atoms with E-state index in [9.17, 15) is 4.79 Å². The van der Waals surface area contributed by atoms with Crippen molar-refractivity contribution in [1.82, 2.24) is 0 Å². The first-order valence-corrected chi connectivity index (χ1v) is 15.1. The molecule has 0 rings (SSSR count). The molecular weight excluding hydrogens is 406 g/mol. The van der Waals surface area contributed by atoms with Crippen LogP contribution in [0.4, 0.5) is 0 Å². The van der Waals surface area contributed by atoms with Crippen LogP contribution >= 0.6 is 0 Å². The molecule has 3 N–H and O–H groups in total. The molecule has 198 valence electrons. The van der Waals surface area contributed by atoms with E-state index in [1.165, 1.54) is 148 Å². The highest BCUT2D eigenvalue weighted by Crippen LogP contribution is 2.16. The van der Waals surface area contributed by atoms with Gasteiger partial charge < -0.3 is 10.8 Å². The highest BCUT2D eigenvalue weighted by Gasteiger charge is 1.99. The fraction of sp³-hybridized carbons (Fsp3) is 0.967. The molecule has 1 unspecified atom stereocenters. The lowest BCUT2D eigenvalue weighted by atomic mass is 10.0. The van der Waals surface area contributed by atoms with Gasteiger partial charge in [0.25, 0.3) is 0 Å². The van der Waals surface area contributed by atoms with Gasteiger partial charge in [-0.2, -0.15) is 0 Å². The molecule has 3 nitrogen and oxygen atoms in total. The predicted octanol–water partition coefficient (Wildman–Crippen LogP) is 9.24. The number of hydrogen-bond acceptors (Lipinski definition) is 2. The third kappa shape index (κ3) is 29.4. The van der Waals surface area contributed by atoms with Gasteiger partial charge in [-0.05, 0) is 18.8 Å². The number of hydrogen-bond donors (Lipinski definition) is 2. The normalized spacial score (nSPS) is 12.3. The van der Waals surface area contributed by atoms with Crippen LogP contribution < -0.4 is 5.73 Å². The SMILES string of the molecule is CC(CO)CCCCCCCCCCCCCCCCCCCCCCCCCCC(N)=O. The standard InChI is InChI=1S/C30H61NO2/c1-29(28-32)26-24-22-20-18-16-14-12-10-8-6-4-2-3-5-7-9-11-13-15-17-19-21-23-25-27-30(31)33/h29,32H,2-28H2,1H3,(H2,31,33). The van der Waals surface area contributed by atoms with E-state index in [1.54, 1.807) is 0 Å². The zero-order valence-corrected chi connectivity index (χ0v) is 22.6. The second kappa shape index (κ2) is 27.7. The van der Waals surface area contributed by atoms with E-state index in [0.717, 1.165) is 12.8 Å². The zero-order valence-electron chi connectivity index (χ0n) is 22.6. The highest BCUT2D eigenvalue weighted by molar-refractivity contribution is 5.73. The molecule has 1 atom stereocenters. The summed E-state index contributed by atoms with van der Waals surface area (Å²) in [6, 6.07) is 0. The van der Waals surface area contributed by atoms with Crippen LogP contribution in [-0.2, 0) is 4.79 Å². The molecule has 0 spiro atoms. The summed E-state index contributed by atoms with van der Waals surface area (Å²) in [6.07, 6.45) is 34.8. The van der Waals surface area contributed by atoms with Gasteiger partial charge in [-0.3, -0.25) is 4.79 Å². The Morgan fingerprint density at radius 1 is 0.515 bits per heavy atom. The van der Waals surface area contributed by atoms with Crippen molar-refractivity contribution in [3.63, 3.8) is 0 Å². The van der Waals surface area contributed by atoms with Crippen molar-refractivity contribution in [2.45, 2.75) is 174 Å². The Morgan fingerprint density at radius 2 is 0.758 bits per heavy atom. The molecule has 0 aromatic carbocycles. The molecule has 0 aliphatic heterocycles. The maximum Gasteiger partial charge on any atom is 0.217 e. The predicted molar refractivity (Wildman–Crippen MR) is 145 cm³/mol. The highest BCUT2D eigenvalue weighted by atomic mass is 16.3. The summed E-state index contributed by atoms with van der Waals surface area (Å²) in [6.45, 7) is 2.50. The van der Waals surface area contributed by atoms with E-state index in [-0.39, 0.29) is 5.91 Å². The van der Waals surface area contributed by atoms with Crippen LogP contribution in [0, 0.1) is 5.92 Å². The van der Waals surface area contributed by atoms with Gasteiger partial charge in [0.15, 0.2) is 0 Å². The Balaban J connectivity index is 3.03. The minimum Gasteiger partial charge on any atom is -0.396 e. The van der Waals surface area contributed by atoms with Crippen molar-refractivity contribution in [2.24, 2.45) is 11.7 Å². The summed E-state index contributed by atoms with van der Waals surface area (Å²) in [4.78, 5) is 10.7. The smallest absolute Gasteiger partial charge is 0.217 e. The summed E-state index contributed by atoms with van der Waals surface area (Å²) >= 11 is 0. The van der Waals surface area contributed by atoms with Gasteiger partial charge in [-0.1, -0.05) is 155 Å². The van der Waals surface area contributed by atoms with Crippen LogP contribution in [0.25, 0.3) is 0 Å². The van der Waals surface area contributed by atoms with Crippen molar-refractivity contribution in [3.05, 3.63) is 0 Å². The van der Waals surface area contributed by atoms with Gasteiger partial charge >= 0.3 is 0 Å². The molecule has 0 radical (unpaired) electrons. The molecule has 0 aliphatic carbocycles. The van der Waals surface area contributed by atoms with Crippen LogP contribution in [0.15, 0.2) is 0 Å². The number of aliphatic hydroxyl groups is 1. The van der Waals surface area contributed by atoms with Crippen LogP contribution in [0.2, 0.25) is 0 Å². The Hall–Kier alpha value is -0.570. The maximum absolute atomic E-state index is 10.7. The lowest BCUT2D eigenvalue weighted by molar-refractivity contribution is -0.118. The first-order valence-electron chi connectivity index (χ1n) is 15.1. The van der Waals surface area contributed by atoms with E-state index in [1.807, 2.05) is 0 Å². The fourth-order valence-corrected chi connectivity index (χ4v) is 4.77. The summed E-state index contributed by atoms with van der Waals surface area (Å²) in [5.41, 5.74) is 5.16. The molecule has 0 heterocycles. The van der Waals surface area contributed by atoms with Crippen molar-refractivity contribution >= 4 is 5.91 Å². The number of amides is 1. The molecule has 0 saturated carbocycles. The molecule has 0 aromatic rings. The lowest BCUT2D eigenvalue weighted by Gasteiger charge is -2.07. The largest absolute Gasteiger partial charge is 0.396 e. The second-order valence-corrected chi connectivity index (χ2v) is 10.8. The third-order valence-corrected chi connectivity index (χ3v) is 7.18. The summed E-state index contributed by atoms with van der Waals surface area (Å²) in [7, 11) is 0. The van der Waals surface area contributed by atoms with Crippen LogP contribution in [0.3, 0.4) is 0 Å². The number of primary amides is 1. The molecule has 1 amide bonds. The number of aliphatic hydroxyl groups excluding tert-OH is 1. The molecule has 0 bridgehead atoms. The first kappa shape index (κ1) is 32.4. The number of carbonyl (C=O) groups is 1. The fourth-order valence-electron chi connectivity index (χ4n) is 4.77. The number of rotatable bonds is 28. The zero-order chi connectivity index (χ0) is 24.2. The monoisotopic (exact) mass is 467 g/mol. The Labute approximate surface area is 208 Å². The van der Waals surface area contributed by atoms with Crippen molar-refractivity contribution in [2.75, 3.05) is 6.61 Å². The Morgan fingerprint density at radius 3 is 1.00 bits per heavy atom. The van der Waals surface area contributed by atoms with Gasteiger partial charge in [-0.25, -0.2) is 0 Å². The van der Waals surface area contributed by atoms with Gasteiger partial charge in [0, 0.05) is 13.0 Å². The van der Waals surface area contributed by atoms with Crippen LogP contribution in [-0.4, -0.2) is 17.6 Å². The molecule has 0 aliphatic rings. The average Bonchev–Trinajstić information content (AvgIpc) is 2.80. The van der Waals surface area contributed by atoms with E-state index in [2.05, 4.69) is 6.92 Å². The lowest BCUT2D eigenvalue weighted by Crippen LogP contribution is -2.09. The first-order chi connectivity index (χ1) is 16.2. The van der Waals surface area contributed by atoms with Crippen molar-refractivity contribution in [3.8, 4) is 0 Å². The van der Waals surface area contributed by atoms with Crippen molar-refractivity contribution < 1.29 is 9.90 Å². The van der Waals surface area contributed by atoms with Gasteiger partial charge in [0.2, 0.25) is 5.91 Å². The minimum absolute atomic E-state index is 0.153. The topological polar surface area (TPSA) is 63.3 Å². The average molecular weight is 468 g/mol. The third-order valence-electron chi connectivity index (χ3n) is 7.18. The van der Waals surface area contributed by atoms with E-state index in [0.29, 0.717) is 18.9 Å². The molecule has 0 aromatic heterocycles. The Kier molecular flexibility index (Phi) is 27.2. The summed E-state index contributed by atoms with van der Waals surface area (Å²) in [5, 5.41) is 9.02. The quantitative estimate of drug-likeness (QED) is 0.113. The molecule has 0 saturated heterocycles. The summed E-state index contributed by atoms with van der Waals surface area (Å²) in [5.74, 6) is 0.342. The van der Waals surface area contributed by atoms with Gasteiger partial charge in [0.05, 0.1) is 0 Å². The second-order valence-electron chi connectivity index (χ2n) is 10.8. The summed E-state index contributed by atoms with van der Waals surface area (Å²) < 4.78 is 0. The maximum atomic E-state index is 10.7. The molecule has 3 heteroatoms. The number of unbranched alkanes of at least 4 members (excludes halogenated alkanes) is 23. The van der Waals surface area contributed by atoms with E-state index in [4.69, 9.17) is 10.8 Å². The van der Waals surface area contributed by atoms with Crippen molar-refractivity contribution in [1.29, 1.82) is 0 Å². The van der Waals surface area contributed by atoms with Gasteiger partial charge in [0.1, 0.15) is 0 Å². The molecule has 33 heavy (non-hydrogen) atoms. The van der Waals surface area contributed by atoms with E-state index >= 15 is 0 Å². The van der Waals surface area contributed by atoms with E-state index < -0.39 is 0 Å². The minimum atomic E-state index is -0.153.